The number of esters is 1. The van der Waals surface area contributed by atoms with Crippen LogP contribution in [0.1, 0.15) is 22.8 Å². The van der Waals surface area contributed by atoms with Crippen molar-refractivity contribution in [2.75, 3.05) is 6.61 Å². The highest BCUT2D eigenvalue weighted by Crippen LogP contribution is 2.22. The van der Waals surface area contributed by atoms with Crippen molar-refractivity contribution in [1.82, 2.24) is 4.72 Å². The van der Waals surface area contributed by atoms with Crippen LogP contribution in [0.5, 0.6) is 0 Å². The minimum Gasteiger partial charge on any atom is -0.456 e. The first kappa shape index (κ1) is 19.6. The zero-order valence-electron chi connectivity index (χ0n) is 14.5. The number of ketones is 1. The second kappa shape index (κ2) is 7.47. The van der Waals surface area contributed by atoms with Crippen molar-refractivity contribution in [1.29, 1.82) is 0 Å². The van der Waals surface area contributed by atoms with E-state index >= 15 is 0 Å². The summed E-state index contributed by atoms with van der Waals surface area (Å²) in [4.78, 5) is 28.0. The molecule has 1 heterocycles. The molecule has 10 heteroatoms. The molecule has 0 aromatic heterocycles. The molecule has 7 nitrogen and oxygen atoms in total. The van der Waals surface area contributed by atoms with Crippen LogP contribution in [-0.2, 0) is 19.6 Å². The van der Waals surface area contributed by atoms with Crippen LogP contribution in [0.25, 0.3) is 0 Å². The Bertz CT molecular complexity index is 1100. The molecule has 0 unspecified atom stereocenters. The second-order valence-electron chi connectivity index (χ2n) is 5.91. The van der Waals surface area contributed by atoms with Crippen molar-refractivity contribution in [2.45, 2.75) is 17.9 Å². The highest BCUT2D eigenvalue weighted by molar-refractivity contribution is 7.90. The third kappa shape index (κ3) is 3.91. The van der Waals surface area contributed by atoms with E-state index in [9.17, 15) is 26.8 Å². The monoisotopic (exact) mass is 408 g/mol. The molecule has 0 bridgehead atoms. The van der Waals surface area contributed by atoms with E-state index in [0.717, 1.165) is 12.1 Å². The molecule has 0 spiro atoms. The van der Waals surface area contributed by atoms with Gasteiger partial charge in [0.15, 0.2) is 6.61 Å². The molecule has 1 aliphatic rings. The highest BCUT2D eigenvalue weighted by atomic mass is 32.2. The molecule has 0 amide bonds. The fourth-order valence-electron chi connectivity index (χ4n) is 2.52. The molecule has 1 aliphatic heterocycles. The number of rotatable bonds is 5. The van der Waals surface area contributed by atoms with Crippen LogP contribution in [0.15, 0.2) is 52.4 Å². The number of fused-ring (bicyclic) bond motifs is 1. The number of hydrogen-bond donors (Lipinski definition) is 1. The van der Waals surface area contributed by atoms with Crippen molar-refractivity contribution in [2.24, 2.45) is 4.99 Å². The lowest BCUT2D eigenvalue weighted by atomic mass is 10.1. The van der Waals surface area contributed by atoms with Crippen LogP contribution in [0, 0.1) is 11.6 Å². The summed E-state index contributed by atoms with van der Waals surface area (Å²) in [5.41, 5.74) is -0.232. The number of carbonyl (C=O) groups is 2. The number of halogens is 2. The smallest absolute Gasteiger partial charge is 0.331 e. The number of Topliss-reactive ketones (excluding diaryl/α,β-unsaturated/α-hetero) is 1. The molecular formula is C18H14F2N2O5S. The first-order chi connectivity index (χ1) is 13.2. The van der Waals surface area contributed by atoms with Gasteiger partial charge in [0.2, 0.25) is 5.78 Å². The van der Waals surface area contributed by atoms with E-state index in [1.807, 2.05) is 0 Å². The number of aliphatic imine (C=N–C) groups is 1. The van der Waals surface area contributed by atoms with Gasteiger partial charge >= 0.3 is 5.97 Å². The SMILES string of the molecule is C[C@H](N=C1NS(=O)(=O)c2ccccc21)C(=O)OCC(=O)c1cc(F)ccc1F. The van der Waals surface area contributed by atoms with Crippen molar-refractivity contribution < 1.29 is 31.5 Å². The van der Waals surface area contributed by atoms with Gasteiger partial charge in [0.1, 0.15) is 23.5 Å². The summed E-state index contributed by atoms with van der Waals surface area (Å²) in [6, 6.07) is 7.31. The average Bonchev–Trinajstić information content (AvgIpc) is 2.92. The summed E-state index contributed by atoms with van der Waals surface area (Å²) >= 11 is 0. The molecule has 0 aliphatic carbocycles. The molecule has 0 saturated heterocycles. The Kier molecular flexibility index (Phi) is 5.23. The summed E-state index contributed by atoms with van der Waals surface area (Å²) in [6.45, 7) is 0.536. The Balaban J connectivity index is 1.70. The topological polar surface area (TPSA) is 102 Å². The van der Waals surface area contributed by atoms with E-state index in [2.05, 4.69) is 9.71 Å². The molecular weight excluding hydrogens is 394 g/mol. The fourth-order valence-corrected chi connectivity index (χ4v) is 3.76. The third-order valence-electron chi connectivity index (χ3n) is 3.90. The second-order valence-corrected chi connectivity index (χ2v) is 7.56. The van der Waals surface area contributed by atoms with E-state index in [1.54, 1.807) is 12.1 Å². The number of amidine groups is 1. The zero-order valence-corrected chi connectivity index (χ0v) is 15.3. The van der Waals surface area contributed by atoms with Gasteiger partial charge in [-0.1, -0.05) is 12.1 Å². The Labute approximate surface area is 159 Å². The molecule has 1 N–H and O–H groups in total. The molecule has 2 aromatic rings. The number of nitrogens with one attached hydrogen (secondary N) is 1. The summed E-state index contributed by atoms with van der Waals surface area (Å²) in [5.74, 6) is -3.61. The fraction of sp³-hybridized carbons (Fsp3) is 0.167. The molecule has 2 aromatic carbocycles. The molecule has 146 valence electrons. The van der Waals surface area contributed by atoms with Crippen LogP contribution in [0.3, 0.4) is 0 Å². The van der Waals surface area contributed by atoms with Gasteiger partial charge in [0.25, 0.3) is 10.0 Å². The van der Waals surface area contributed by atoms with E-state index in [-0.39, 0.29) is 10.7 Å². The predicted molar refractivity (Wildman–Crippen MR) is 94.4 cm³/mol. The molecule has 0 radical (unpaired) electrons. The van der Waals surface area contributed by atoms with Gasteiger partial charge in [-0.05, 0) is 37.3 Å². The van der Waals surface area contributed by atoms with Crippen LogP contribution >= 0.6 is 0 Å². The maximum absolute atomic E-state index is 13.6. The first-order valence-electron chi connectivity index (χ1n) is 8.04. The van der Waals surface area contributed by atoms with E-state index < -0.39 is 51.6 Å². The van der Waals surface area contributed by atoms with Crippen molar-refractivity contribution in [3.8, 4) is 0 Å². The van der Waals surface area contributed by atoms with Crippen LogP contribution in [-0.4, -0.2) is 38.7 Å². The number of benzene rings is 2. The van der Waals surface area contributed by atoms with E-state index in [4.69, 9.17) is 4.74 Å². The summed E-state index contributed by atoms with van der Waals surface area (Å²) in [5, 5.41) is 0. The standard InChI is InChI=1S/C18H14F2N2O5S/c1-10(21-17-12-4-2-3-5-16(12)28(25,26)22-17)18(24)27-9-15(23)13-8-11(19)6-7-14(13)20/h2-8,10H,9H2,1H3,(H,21,22)/t10-/m0/s1. The Morgan fingerprint density at radius 2 is 1.89 bits per heavy atom. The van der Waals surface area contributed by atoms with Crippen molar-refractivity contribution in [3.05, 3.63) is 65.2 Å². The first-order valence-corrected chi connectivity index (χ1v) is 9.52. The summed E-state index contributed by atoms with van der Waals surface area (Å²) in [6.07, 6.45) is 0. The molecule has 3 rings (SSSR count). The van der Waals surface area contributed by atoms with Crippen molar-refractivity contribution >= 4 is 27.6 Å². The van der Waals surface area contributed by atoms with Gasteiger partial charge in [0.05, 0.1) is 10.5 Å². The van der Waals surface area contributed by atoms with Gasteiger partial charge in [-0.25, -0.2) is 22.0 Å². The Hall–Kier alpha value is -3.14. The number of nitrogens with zero attached hydrogens (tertiary/aromatic N) is 1. The van der Waals surface area contributed by atoms with Crippen molar-refractivity contribution in [3.63, 3.8) is 0 Å². The largest absolute Gasteiger partial charge is 0.456 e. The van der Waals surface area contributed by atoms with E-state index in [1.165, 1.54) is 19.1 Å². The Morgan fingerprint density at radius 3 is 2.64 bits per heavy atom. The van der Waals surface area contributed by atoms with Crippen LogP contribution < -0.4 is 4.72 Å². The van der Waals surface area contributed by atoms with E-state index in [0.29, 0.717) is 11.6 Å². The maximum atomic E-state index is 13.6. The minimum absolute atomic E-state index is 0.0254. The molecule has 1 atom stereocenters. The van der Waals surface area contributed by atoms with Crippen LogP contribution in [0.2, 0.25) is 0 Å². The Morgan fingerprint density at radius 1 is 1.18 bits per heavy atom. The number of ether oxygens (including phenoxy) is 1. The third-order valence-corrected chi connectivity index (χ3v) is 5.30. The van der Waals surface area contributed by atoms with Gasteiger partial charge < -0.3 is 4.74 Å². The zero-order chi connectivity index (χ0) is 20.5. The molecule has 0 saturated carbocycles. The highest BCUT2D eigenvalue weighted by Gasteiger charge is 2.31. The lowest BCUT2D eigenvalue weighted by molar-refractivity contribution is -0.143. The van der Waals surface area contributed by atoms with Gasteiger partial charge in [-0.2, -0.15) is 0 Å². The lowest BCUT2D eigenvalue weighted by Crippen LogP contribution is -2.27. The average molecular weight is 408 g/mol. The predicted octanol–water partition coefficient (Wildman–Crippen LogP) is 1.82. The van der Waals surface area contributed by atoms with Crippen LogP contribution in [0.4, 0.5) is 8.78 Å². The van der Waals surface area contributed by atoms with Gasteiger partial charge in [-0.15, -0.1) is 0 Å². The lowest BCUT2D eigenvalue weighted by Gasteiger charge is -2.09. The number of carbonyl (C=O) groups excluding carboxylic acids is 2. The van der Waals surface area contributed by atoms with Gasteiger partial charge in [0, 0.05) is 5.56 Å². The quantitative estimate of drug-likeness (QED) is 0.601. The maximum Gasteiger partial charge on any atom is 0.331 e. The number of hydrogen-bond acceptors (Lipinski definition) is 6. The molecule has 28 heavy (non-hydrogen) atoms. The normalized spacial score (nSPS) is 16.9. The molecule has 0 fully saturated rings. The minimum atomic E-state index is -3.76. The number of sulfonamides is 1. The summed E-state index contributed by atoms with van der Waals surface area (Å²) in [7, 11) is -3.76. The van der Waals surface area contributed by atoms with Gasteiger partial charge in [-0.3, -0.25) is 14.5 Å². The summed E-state index contributed by atoms with van der Waals surface area (Å²) < 4.78 is 57.8.